The molecular weight excluding hydrogens is 302 g/mol. The zero-order valence-electron chi connectivity index (χ0n) is 10.3. The quantitative estimate of drug-likeness (QED) is 0.837. The van der Waals surface area contributed by atoms with Crippen molar-refractivity contribution in [2.45, 2.75) is 38.8 Å². The molecule has 1 rings (SSSR count). The van der Waals surface area contributed by atoms with E-state index in [2.05, 4.69) is 21.2 Å². The number of aliphatic hydroxyl groups is 1. The normalized spacial score (nSPS) is 11.8. The Morgan fingerprint density at radius 2 is 2.00 bits per heavy atom. The molecule has 96 valence electrons. The predicted octanol–water partition coefficient (Wildman–Crippen LogP) is 3.74. The lowest BCUT2D eigenvalue weighted by Crippen LogP contribution is -2.39. The van der Waals surface area contributed by atoms with Gasteiger partial charge in [-0.15, -0.1) is 0 Å². The Bertz CT molecular complexity index is 366. The van der Waals surface area contributed by atoms with E-state index in [4.69, 9.17) is 11.6 Å². The van der Waals surface area contributed by atoms with Crippen LogP contribution in [0.5, 0.6) is 0 Å². The van der Waals surface area contributed by atoms with Crippen LogP contribution in [0, 0.1) is 0 Å². The second-order valence-electron chi connectivity index (χ2n) is 4.27. The Labute approximate surface area is 117 Å². The zero-order chi connectivity index (χ0) is 12.9. The van der Waals surface area contributed by atoms with Gasteiger partial charge in [0, 0.05) is 22.6 Å². The van der Waals surface area contributed by atoms with Crippen molar-refractivity contribution in [1.82, 2.24) is 5.32 Å². The van der Waals surface area contributed by atoms with Crippen LogP contribution in [-0.4, -0.2) is 17.3 Å². The minimum Gasteiger partial charge on any atom is -0.389 e. The fourth-order valence-corrected chi connectivity index (χ4v) is 2.34. The van der Waals surface area contributed by atoms with Crippen LogP contribution in [-0.2, 0) is 6.54 Å². The number of rotatable bonds is 6. The molecule has 0 saturated heterocycles. The molecule has 0 fully saturated rings. The standard InChI is InChI=1S/C13H19BrClNO/c1-3-13(17,4-2)9-16-8-10-5-6-11(14)7-12(10)15/h5-7,16-17H,3-4,8-9H2,1-2H3. The van der Waals surface area contributed by atoms with Crippen molar-refractivity contribution in [2.24, 2.45) is 0 Å². The zero-order valence-corrected chi connectivity index (χ0v) is 12.6. The summed E-state index contributed by atoms with van der Waals surface area (Å²) in [6.07, 6.45) is 1.51. The van der Waals surface area contributed by atoms with E-state index in [-0.39, 0.29) is 0 Å². The SMILES string of the molecule is CCC(O)(CC)CNCc1ccc(Br)cc1Cl. The molecule has 2 nitrogen and oxygen atoms in total. The molecule has 17 heavy (non-hydrogen) atoms. The van der Waals surface area contributed by atoms with Gasteiger partial charge in [-0.3, -0.25) is 0 Å². The van der Waals surface area contributed by atoms with Gasteiger partial charge in [0.15, 0.2) is 0 Å². The van der Waals surface area contributed by atoms with E-state index in [1.165, 1.54) is 0 Å². The first-order chi connectivity index (χ1) is 8.00. The largest absolute Gasteiger partial charge is 0.389 e. The van der Waals surface area contributed by atoms with Crippen molar-refractivity contribution < 1.29 is 5.11 Å². The van der Waals surface area contributed by atoms with E-state index in [1.54, 1.807) is 0 Å². The van der Waals surface area contributed by atoms with Crippen LogP contribution < -0.4 is 5.32 Å². The van der Waals surface area contributed by atoms with Gasteiger partial charge in [0.2, 0.25) is 0 Å². The van der Waals surface area contributed by atoms with Crippen LogP contribution in [0.4, 0.5) is 0 Å². The Kier molecular flexibility index (Phi) is 5.93. The molecule has 0 aliphatic heterocycles. The third-order valence-electron chi connectivity index (χ3n) is 3.10. The number of nitrogens with one attached hydrogen (secondary N) is 1. The molecule has 0 saturated carbocycles. The lowest BCUT2D eigenvalue weighted by Gasteiger charge is -2.25. The number of benzene rings is 1. The second kappa shape index (κ2) is 6.74. The summed E-state index contributed by atoms with van der Waals surface area (Å²) in [7, 11) is 0. The summed E-state index contributed by atoms with van der Waals surface area (Å²) >= 11 is 9.49. The van der Waals surface area contributed by atoms with Gasteiger partial charge in [0.25, 0.3) is 0 Å². The average molecular weight is 321 g/mol. The van der Waals surface area contributed by atoms with Gasteiger partial charge >= 0.3 is 0 Å². The third kappa shape index (κ3) is 4.59. The molecule has 0 heterocycles. The summed E-state index contributed by atoms with van der Waals surface area (Å²) in [6, 6.07) is 5.83. The molecule has 0 unspecified atom stereocenters. The molecule has 1 aromatic carbocycles. The highest BCUT2D eigenvalue weighted by Gasteiger charge is 2.21. The molecule has 0 aromatic heterocycles. The Balaban J connectivity index is 2.51. The van der Waals surface area contributed by atoms with Crippen LogP contribution in [0.1, 0.15) is 32.3 Å². The monoisotopic (exact) mass is 319 g/mol. The van der Waals surface area contributed by atoms with E-state index in [0.717, 1.165) is 27.9 Å². The van der Waals surface area contributed by atoms with E-state index >= 15 is 0 Å². The number of hydrogen-bond acceptors (Lipinski definition) is 2. The van der Waals surface area contributed by atoms with Crippen LogP contribution in [0.25, 0.3) is 0 Å². The van der Waals surface area contributed by atoms with Gasteiger partial charge in [-0.1, -0.05) is 47.4 Å². The topological polar surface area (TPSA) is 32.3 Å². The van der Waals surface area contributed by atoms with Gasteiger partial charge in [-0.2, -0.15) is 0 Å². The van der Waals surface area contributed by atoms with Crippen LogP contribution in [0.2, 0.25) is 5.02 Å². The van der Waals surface area contributed by atoms with Crippen molar-refractivity contribution in [3.05, 3.63) is 33.3 Å². The van der Waals surface area contributed by atoms with Gasteiger partial charge < -0.3 is 10.4 Å². The third-order valence-corrected chi connectivity index (χ3v) is 3.95. The molecule has 0 spiro atoms. The lowest BCUT2D eigenvalue weighted by atomic mass is 9.97. The van der Waals surface area contributed by atoms with Gasteiger partial charge in [0.1, 0.15) is 0 Å². The van der Waals surface area contributed by atoms with Crippen LogP contribution >= 0.6 is 27.5 Å². The summed E-state index contributed by atoms with van der Waals surface area (Å²) in [4.78, 5) is 0. The summed E-state index contributed by atoms with van der Waals surface area (Å²) in [5.41, 5.74) is 0.436. The highest BCUT2D eigenvalue weighted by Crippen LogP contribution is 2.21. The molecular formula is C13H19BrClNO. The molecule has 0 aliphatic rings. The van der Waals surface area contributed by atoms with Crippen LogP contribution in [0.3, 0.4) is 0 Å². The highest BCUT2D eigenvalue weighted by atomic mass is 79.9. The van der Waals surface area contributed by atoms with Crippen molar-refractivity contribution >= 4 is 27.5 Å². The molecule has 0 aliphatic carbocycles. The molecule has 0 radical (unpaired) electrons. The summed E-state index contributed by atoms with van der Waals surface area (Å²) < 4.78 is 0.977. The van der Waals surface area contributed by atoms with Crippen molar-refractivity contribution in [2.75, 3.05) is 6.54 Å². The van der Waals surface area contributed by atoms with Gasteiger partial charge in [-0.25, -0.2) is 0 Å². The first-order valence-corrected chi connectivity index (χ1v) is 7.05. The van der Waals surface area contributed by atoms with Crippen LogP contribution in [0.15, 0.2) is 22.7 Å². The van der Waals surface area contributed by atoms with E-state index < -0.39 is 5.60 Å². The first kappa shape index (κ1) is 15.0. The molecule has 0 atom stereocenters. The molecule has 2 N–H and O–H groups in total. The van der Waals surface area contributed by atoms with Crippen molar-refractivity contribution in [3.8, 4) is 0 Å². The Morgan fingerprint density at radius 3 is 2.53 bits per heavy atom. The van der Waals surface area contributed by atoms with Gasteiger partial charge in [-0.05, 0) is 30.5 Å². The smallest absolute Gasteiger partial charge is 0.0766 e. The molecule has 0 bridgehead atoms. The first-order valence-electron chi connectivity index (χ1n) is 5.88. The Morgan fingerprint density at radius 1 is 1.35 bits per heavy atom. The van der Waals surface area contributed by atoms with Crippen molar-refractivity contribution in [3.63, 3.8) is 0 Å². The van der Waals surface area contributed by atoms with E-state index in [1.807, 2.05) is 32.0 Å². The maximum absolute atomic E-state index is 10.1. The average Bonchev–Trinajstić information content (AvgIpc) is 2.32. The summed E-state index contributed by atoms with van der Waals surface area (Å²) in [5.74, 6) is 0. The lowest BCUT2D eigenvalue weighted by molar-refractivity contribution is 0.0323. The van der Waals surface area contributed by atoms with E-state index in [0.29, 0.717) is 13.1 Å². The summed E-state index contributed by atoms with van der Waals surface area (Å²) in [6.45, 7) is 5.26. The number of hydrogen-bond donors (Lipinski definition) is 2. The minimum absolute atomic E-state index is 0.590. The summed E-state index contributed by atoms with van der Waals surface area (Å²) in [5, 5.41) is 14.1. The number of halogens is 2. The fraction of sp³-hybridized carbons (Fsp3) is 0.538. The maximum Gasteiger partial charge on any atom is 0.0766 e. The second-order valence-corrected chi connectivity index (χ2v) is 5.59. The maximum atomic E-state index is 10.1. The van der Waals surface area contributed by atoms with Gasteiger partial charge in [0.05, 0.1) is 5.60 Å². The minimum atomic E-state index is -0.609. The molecule has 4 heteroatoms. The molecule has 0 amide bonds. The predicted molar refractivity (Wildman–Crippen MR) is 76.4 cm³/mol. The highest BCUT2D eigenvalue weighted by molar-refractivity contribution is 9.10. The van der Waals surface area contributed by atoms with E-state index in [9.17, 15) is 5.11 Å². The van der Waals surface area contributed by atoms with Crippen molar-refractivity contribution in [1.29, 1.82) is 0 Å². The molecule has 1 aromatic rings. The fourth-order valence-electron chi connectivity index (χ4n) is 1.59. The Hall–Kier alpha value is -0.0900.